The van der Waals surface area contributed by atoms with Crippen LogP contribution >= 0.6 is 11.6 Å². The minimum absolute atomic E-state index is 0.393. The van der Waals surface area contributed by atoms with Gasteiger partial charge in [-0.05, 0) is 19.8 Å². The number of aromatic nitrogens is 3. The molecular formula is C10H19ClN4. The third-order valence-corrected chi connectivity index (χ3v) is 3.16. The minimum atomic E-state index is 0.393. The number of nitrogens with zero attached hydrogens (tertiary/aromatic N) is 3. The van der Waals surface area contributed by atoms with Crippen LogP contribution in [0.5, 0.6) is 0 Å². The topological polar surface area (TPSA) is 42.7 Å². The average Bonchev–Trinajstić information content (AvgIpc) is 2.71. The maximum atomic E-state index is 5.79. The van der Waals surface area contributed by atoms with E-state index in [0.717, 1.165) is 18.9 Å². The van der Waals surface area contributed by atoms with Crippen molar-refractivity contribution in [2.75, 3.05) is 5.88 Å². The van der Waals surface area contributed by atoms with E-state index in [2.05, 4.69) is 36.2 Å². The van der Waals surface area contributed by atoms with Crippen LogP contribution in [0.15, 0.2) is 6.33 Å². The molecule has 0 aromatic carbocycles. The van der Waals surface area contributed by atoms with Gasteiger partial charge in [-0.15, -0.1) is 11.6 Å². The van der Waals surface area contributed by atoms with E-state index in [9.17, 15) is 0 Å². The van der Waals surface area contributed by atoms with E-state index < -0.39 is 0 Å². The molecule has 0 aliphatic heterocycles. The molecule has 0 saturated heterocycles. The molecule has 1 rings (SSSR count). The van der Waals surface area contributed by atoms with Crippen LogP contribution in [0.4, 0.5) is 0 Å². The number of nitrogens with one attached hydrogen (secondary N) is 1. The highest BCUT2D eigenvalue weighted by atomic mass is 35.5. The molecule has 5 heteroatoms. The first-order valence-electron chi connectivity index (χ1n) is 5.35. The number of hydrogen-bond donors (Lipinski definition) is 1. The lowest BCUT2D eigenvalue weighted by Crippen LogP contribution is -2.33. The summed E-state index contributed by atoms with van der Waals surface area (Å²) >= 11 is 5.79. The van der Waals surface area contributed by atoms with Gasteiger partial charge in [-0.1, -0.05) is 6.92 Å². The Morgan fingerprint density at radius 3 is 2.87 bits per heavy atom. The molecule has 0 bridgehead atoms. The third kappa shape index (κ3) is 3.47. The fourth-order valence-corrected chi connectivity index (χ4v) is 1.54. The van der Waals surface area contributed by atoms with Gasteiger partial charge in [0.1, 0.15) is 12.2 Å². The summed E-state index contributed by atoms with van der Waals surface area (Å²) in [5.74, 6) is 2.12. The van der Waals surface area contributed by atoms with Crippen LogP contribution in [0.25, 0.3) is 0 Å². The molecule has 0 spiro atoms. The second-order valence-electron chi connectivity index (χ2n) is 3.79. The van der Waals surface area contributed by atoms with E-state index in [0.29, 0.717) is 17.8 Å². The first-order valence-corrected chi connectivity index (χ1v) is 5.88. The van der Waals surface area contributed by atoms with Gasteiger partial charge >= 0.3 is 0 Å². The van der Waals surface area contributed by atoms with E-state index in [-0.39, 0.29) is 0 Å². The summed E-state index contributed by atoms with van der Waals surface area (Å²) in [5, 5.41) is 7.52. The summed E-state index contributed by atoms with van der Waals surface area (Å²) in [4.78, 5) is 4.20. The molecule has 0 radical (unpaired) electrons. The Morgan fingerprint density at radius 1 is 1.53 bits per heavy atom. The Hall–Kier alpha value is -0.610. The maximum absolute atomic E-state index is 5.79. The Morgan fingerprint density at radius 2 is 2.27 bits per heavy atom. The lowest BCUT2D eigenvalue weighted by Gasteiger charge is -2.18. The molecule has 2 unspecified atom stereocenters. The Bertz CT molecular complexity index is 287. The van der Waals surface area contributed by atoms with Crippen molar-refractivity contribution in [2.24, 2.45) is 5.92 Å². The maximum Gasteiger partial charge on any atom is 0.140 e. The summed E-state index contributed by atoms with van der Waals surface area (Å²) in [6.45, 7) is 7.94. The number of halogens is 1. The number of aryl methyl sites for hydroxylation is 1. The summed E-state index contributed by atoms with van der Waals surface area (Å²) in [5.41, 5.74) is 0. The van der Waals surface area contributed by atoms with E-state index in [1.165, 1.54) is 0 Å². The highest BCUT2D eigenvalue weighted by Gasteiger charge is 2.11. The molecule has 0 saturated carbocycles. The second-order valence-corrected chi connectivity index (χ2v) is 4.10. The standard InChI is InChI=1S/C10H19ClN4/c1-4-15-10(13-7-14-15)6-12-9(3)8(2)5-11/h7-9,12H,4-6H2,1-3H3. The Kier molecular flexibility index (Phi) is 5.05. The molecule has 2 atom stereocenters. The highest BCUT2D eigenvalue weighted by molar-refractivity contribution is 6.18. The molecule has 1 heterocycles. The average molecular weight is 231 g/mol. The van der Waals surface area contributed by atoms with Crippen molar-refractivity contribution < 1.29 is 0 Å². The minimum Gasteiger partial charge on any atom is -0.307 e. The van der Waals surface area contributed by atoms with E-state index >= 15 is 0 Å². The number of hydrogen-bond acceptors (Lipinski definition) is 3. The molecule has 86 valence electrons. The lowest BCUT2D eigenvalue weighted by atomic mass is 10.1. The zero-order valence-corrected chi connectivity index (χ0v) is 10.3. The first kappa shape index (κ1) is 12.5. The van der Waals surface area contributed by atoms with Crippen molar-refractivity contribution in [3.63, 3.8) is 0 Å². The zero-order valence-electron chi connectivity index (χ0n) is 9.57. The van der Waals surface area contributed by atoms with E-state index in [1.807, 2.05) is 4.68 Å². The van der Waals surface area contributed by atoms with Crippen molar-refractivity contribution in [1.29, 1.82) is 0 Å². The van der Waals surface area contributed by atoms with Crippen LogP contribution in [0.3, 0.4) is 0 Å². The van der Waals surface area contributed by atoms with Gasteiger partial charge in [-0.25, -0.2) is 9.67 Å². The van der Waals surface area contributed by atoms with Gasteiger partial charge in [0.15, 0.2) is 0 Å². The van der Waals surface area contributed by atoms with Crippen molar-refractivity contribution >= 4 is 11.6 Å². The normalized spacial score (nSPS) is 15.2. The van der Waals surface area contributed by atoms with Gasteiger partial charge in [0.2, 0.25) is 0 Å². The summed E-state index contributed by atoms with van der Waals surface area (Å²) in [6.07, 6.45) is 1.59. The van der Waals surface area contributed by atoms with Gasteiger partial charge in [0.05, 0.1) is 6.54 Å². The van der Waals surface area contributed by atoms with Crippen LogP contribution in [-0.4, -0.2) is 26.7 Å². The third-order valence-electron chi connectivity index (χ3n) is 2.67. The monoisotopic (exact) mass is 230 g/mol. The molecule has 4 nitrogen and oxygen atoms in total. The lowest BCUT2D eigenvalue weighted by molar-refractivity contribution is 0.417. The van der Waals surface area contributed by atoms with Gasteiger partial charge < -0.3 is 5.32 Å². The molecule has 1 aromatic rings. The molecule has 1 aromatic heterocycles. The van der Waals surface area contributed by atoms with Gasteiger partial charge in [-0.2, -0.15) is 5.10 Å². The summed E-state index contributed by atoms with van der Waals surface area (Å²) in [7, 11) is 0. The molecule has 0 aliphatic carbocycles. The van der Waals surface area contributed by atoms with Crippen molar-refractivity contribution in [1.82, 2.24) is 20.1 Å². The van der Waals surface area contributed by atoms with Gasteiger partial charge in [0, 0.05) is 18.5 Å². The molecular weight excluding hydrogens is 212 g/mol. The number of alkyl halides is 1. The summed E-state index contributed by atoms with van der Waals surface area (Å²) in [6, 6.07) is 0.393. The fourth-order valence-electron chi connectivity index (χ4n) is 1.28. The van der Waals surface area contributed by atoms with Gasteiger partial charge in [-0.3, -0.25) is 0 Å². The molecule has 1 N–H and O–H groups in total. The predicted octanol–water partition coefficient (Wildman–Crippen LogP) is 1.65. The van der Waals surface area contributed by atoms with Crippen molar-refractivity contribution in [3.8, 4) is 0 Å². The van der Waals surface area contributed by atoms with Crippen molar-refractivity contribution in [2.45, 2.75) is 39.9 Å². The fraction of sp³-hybridized carbons (Fsp3) is 0.800. The molecule has 0 fully saturated rings. The van der Waals surface area contributed by atoms with Gasteiger partial charge in [0.25, 0.3) is 0 Å². The largest absolute Gasteiger partial charge is 0.307 e. The SMILES string of the molecule is CCn1ncnc1CNC(C)C(C)CCl. The second kappa shape index (κ2) is 6.08. The highest BCUT2D eigenvalue weighted by Crippen LogP contribution is 2.05. The Labute approximate surface area is 96.0 Å². The van der Waals surface area contributed by atoms with Crippen LogP contribution in [0, 0.1) is 5.92 Å². The van der Waals surface area contributed by atoms with E-state index in [4.69, 9.17) is 11.6 Å². The van der Waals surface area contributed by atoms with Crippen molar-refractivity contribution in [3.05, 3.63) is 12.2 Å². The quantitative estimate of drug-likeness (QED) is 0.756. The molecule has 0 aliphatic rings. The predicted molar refractivity (Wildman–Crippen MR) is 61.9 cm³/mol. The smallest absolute Gasteiger partial charge is 0.140 e. The molecule has 0 amide bonds. The number of rotatable bonds is 6. The van der Waals surface area contributed by atoms with E-state index in [1.54, 1.807) is 6.33 Å². The van der Waals surface area contributed by atoms with Crippen LogP contribution in [0.1, 0.15) is 26.6 Å². The first-order chi connectivity index (χ1) is 7.19. The van der Waals surface area contributed by atoms with Crippen LogP contribution in [0.2, 0.25) is 0 Å². The summed E-state index contributed by atoms with van der Waals surface area (Å²) < 4.78 is 1.89. The van der Waals surface area contributed by atoms with Crippen LogP contribution < -0.4 is 5.32 Å². The zero-order chi connectivity index (χ0) is 11.3. The molecule has 15 heavy (non-hydrogen) atoms. The Balaban J connectivity index is 2.43. The van der Waals surface area contributed by atoms with Crippen LogP contribution in [-0.2, 0) is 13.1 Å².